The van der Waals surface area contributed by atoms with E-state index < -0.39 is 0 Å². The first-order chi connectivity index (χ1) is 11.7. The molecule has 0 aliphatic rings. The number of hydrogen-bond donors (Lipinski definition) is 0. The number of fused-ring (bicyclic) bond motifs is 1. The summed E-state index contributed by atoms with van der Waals surface area (Å²) in [4.78, 5) is 16.0. The van der Waals surface area contributed by atoms with Crippen molar-refractivity contribution in [1.29, 1.82) is 0 Å². The van der Waals surface area contributed by atoms with Crippen molar-refractivity contribution in [2.75, 3.05) is 7.11 Å². The molecule has 0 N–H and O–H groups in total. The summed E-state index contributed by atoms with van der Waals surface area (Å²) in [5, 5.41) is 1.28. The van der Waals surface area contributed by atoms with Crippen molar-refractivity contribution in [2.24, 2.45) is 0 Å². The fourth-order valence-corrected chi connectivity index (χ4v) is 3.19. The summed E-state index contributed by atoms with van der Waals surface area (Å²) in [7, 11) is 1.38. The summed E-state index contributed by atoms with van der Waals surface area (Å²) in [5.74, 6) is -0.357. The van der Waals surface area contributed by atoms with Gasteiger partial charge in [0.15, 0.2) is 0 Å². The molecule has 124 valence electrons. The maximum Gasteiger partial charge on any atom is 0.339 e. The predicted octanol–water partition coefficient (Wildman–Crippen LogP) is 4.13. The molecular weight excluding hydrogens is 300 g/mol. The van der Waals surface area contributed by atoms with E-state index in [1.165, 1.54) is 29.3 Å². The highest BCUT2D eigenvalue weighted by Crippen LogP contribution is 2.28. The summed E-state index contributed by atoms with van der Waals surface area (Å²) in [5.41, 5.74) is 5.30. The molecule has 0 radical (unpaired) electrons. The van der Waals surface area contributed by atoms with Gasteiger partial charge in [-0.3, -0.25) is 4.98 Å². The molecular formula is C20H22N2O2. The van der Waals surface area contributed by atoms with E-state index in [1.807, 2.05) is 6.07 Å². The molecule has 3 rings (SSSR count). The number of methoxy groups -OCH3 is 1. The monoisotopic (exact) mass is 322 g/mol. The molecule has 2 aromatic heterocycles. The zero-order valence-corrected chi connectivity index (χ0v) is 14.4. The third-order valence-electron chi connectivity index (χ3n) is 4.41. The van der Waals surface area contributed by atoms with Crippen molar-refractivity contribution in [3.05, 3.63) is 65.1 Å². The van der Waals surface area contributed by atoms with Crippen molar-refractivity contribution >= 4 is 16.9 Å². The van der Waals surface area contributed by atoms with Crippen LogP contribution in [0.25, 0.3) is 10.9 Å². The lowest BCUT2D eigenvalue weighted by Gasteiger charge is -2.07. The SMILES string of the molecule is CCCn1c(C)c(Cc2ccc(C(=O)OC)cn2)c2ccccc21. The van der Waals surface area contributed by atoms with Crippen molar-refractivity contribution in [1.82, 2.24) is 9.55 Å². The lowest BCUT2D eigenvalue weighted by atomic mass is 10.1. The minimum Gasteiger partial charge on any atom is -0.465 e. The van der Waals surface area contributed by atoms with Crippen LogP contribution < -0.4 is 0 Å². The standard InChI is InChI=1S/C20H22N2O2/c1-4-11-22-14(2)18(17-7-5-6-8-19(17)22)12-16-10-9-15(13-21-16)20(23)24-3/h5-10,13H,4,11-12H2,1-3H3. The Bertz CT molecular complexity index is 863. The molecule has 4 nitrogen and oxygen atoms in total. The molecule has 0 saturated carbocycles. The predicted molar refractivity (Wildman–Crippen MR) is 95.3 cm³/mol. The number of hydrogen-bond acceptors (Lipinski definition) is 3. The Labute approximate surface area is 142 Å². The Hall–Kier alpha value is -2.62. The molecule has 24 heavy (non-hydrogen) atoms. The summed E-state index contributed by atoms with van der Waals surface area (Å²) in [6, 6.07) is 12.2. The normalized spacial score (nSPS) is 11.0. The van der Waals surface area contributed by atoms with Gasteiger partial charge >= 0.3 is 5.97 Å². The smallest absolute Gasteiger partial charge is 0.339 e. The second-order valence-electron chi connectivity index (χ2n) is 5.94. The van der Waals surface area contributed by atoms with Gasteiger partial charge in [-0.05, 0) is 37.1 Å². The van der Waals surface area contributed by atoms with Gasteiger partial charge in [-0.25, -0.2) is 4.79 Å². The first kappa shape index (κ1) is 16.2. The number of benzene rings is 1. The number of nitrogens with zero attached hydrogens (tertiary/aromatic N) is 2. The minimum absolute atomic E-state index is 0.357. The molecule has 2 heterocycles. The fraction of sp³-hybridized carbons (Fsp3) is 0.300. The van der Waals surface area contributed by atoms with Gasteiger partial charge in [0.05, 0.1) is 12.7 Å². The summed E-state index contributed by atoms with van der Waals surface area (Å²) >= 11 is 0. The van der Waals surface area contributed by atoms with Crippen molar-refractivity contribution in [3.8, 4) is 0 Å². The fourth-order valence-electron chi connectivity index (χ4n) is 3.19. The topological polar surface area (TPSA) is 44.1 Å². The largest absolute Gasteiger partial charge is 0.465 e. The number of rotatable bonds is 5. The first-order valence-corrected chi connectivity index (χ1v) is 8.25. The third kappa shape index (κ3) is 2.92. The van der Waals surface area contributed by atoms with Crippen LogP contribution in [-0.2, 0) is 17.7 Å². The number of carbonyl (C=O) groups excluding carboxylic acids is 1. The van der Waals surface area contributed by atoms with E-state index in [0.29, 0.717) is 5.56 Å². The number of para-hydroxylation sites is 1. The van der Waals surface area contributed by atoms with Gasteiger partial charge in [-0.15, -0.1) is 0 Å². The van der Waals surface area contributed by atoms with Gasteiger partial charge in [0.25, 0.3) is 0 Å². The lowest BCUT2D eigenvalue weighted by molar-refractivity contribution is 0.0600. The molecule has 0 saturated heterocycles. The van der Waals surface area contributed by atoms with Crippen LogP contribution in [0.2, 0.25) is 0 Å². The Morgan fingerprint density at radius 3 is 2.67 bits per heavy atom. The van der Waals surface area contributed by atoms with E-state index in [2.05, 4.69) is 47.7 Å². The number of aryl methyl sites for hydroxylation is 1. The summed E-state index contributed by atoms with van der Waals surface area (Å²) in [6.45, 7) is 5.38. The van der Waals surface area contributed by atoms with E-state index in [4.69, 9.17) is 4.74 Å². The molecule has 1 aromatic carbocycles. The van der Waals surface area contributed by atoms with Gasteiger partial charge in [0.2, 0.25) is 0 Å². The van der Waals surface area contributed by atoms with Crippen LogP contribution in [0, 0.1) is 6.92 Å². The second-order valence-corrected chi connectivity index (χ2v) is 5.94. The number of ether oxygens (including phenoxy) is 1. The second kappa shape index (κ2) is 6.87. The van der Waals surface area contributed by atoms with Crippen LogP contribution >= 0.6 is 0 Å². The van der Waals surface area contributed by atoms with E-state index in [1.54, 1.807) is 12.3 Å². The average Bonchev–Trinajstić information content (AvgIpc) is 2.88. The molecule has 0 atom stereocenters. The zero-order chi connectivity index (χ0) is 17.1. The Kier molecular flexibility index (Phi) is 4.65. The molecule has 0 fully saturated rings. The van der Waals surface area contributed by atoms with E-state index >= 15 is 0 Å². The van der Waals surface area contributed by atoms with E-state index in [0.717, 1.165) is 25.1 Å². The third-order valence-corrected chi connectivity index (χ3v) is 4.41. The Balaban J connectivity index is 1.98. The Morgan fingerprint density at radius 2 is 2.00 bits per heavy atom. The number of aromatic nitrogens is 2. The molecule has 0 spiro atoms. The Morgan fingerprint density at radius 1 is 1.21 bits per heavy atom. The van der Waals surface area contributed by atoms with Crippen LogP contribution in [0.15, 0.2) is 42.6 Å². The highest BCUT2D eigenvalue weighted by molar-refractivity contribution is 5.89. The maximum absolute atomic E-state index is 11.5. The molecule has 0 unspecified atom stereocenters. The highest BCUT2D eigenvalue weighted by Gasteiger charge is 2.14. The highest BCUT2D eigenvalue weighted by atomic mass is 16.5. The quantitative estimate of drug-likeness (QED) is 0.663. The number of esters is 1. The molecule has 0 aliphatic carbocycles. The summed E-state index contributed by atoms with van der Waals surface area (Å²) in [6.07, 6.45) is 3.44. The molecule has 0 aliphatic heterocycles. The summed E-state index contributed by atoms with van der Waals surface area (Å²) < 4.78 is 7.10. The maximum atomic E-state index is 11.5. The van der Waals surface area contributed by atoms with Crippen LogP contribution in [0.4, 0.5) is 0 Å². The first-order valence-electron chi connectivity index (χ1n) is 8.25. The zero-order valence-electron chi connectivity index (χ0n) is 14.4. The van der Waals surface area contributed by atoms with Gasteiger partial charge in [-0.2, -0.15) is 0 Å². The van der Waals surface area contributed by atoms with E-state index in [-0.39, 0.29) is 5.97 Å². The van der Waals surface area contributed by atoms with Gasteiger partial charge in [0, 0.05) is 41.5 Å². The van der Waals surface area contributed by atoms with Crippen molar-refractivity contribution in [2.45, 2.75) is 33.2 Å². The lowest BCUT2D eigenvalue weighted by Crippen LogP contribution is -2.03. The minimum atomic E-state index is -0.357. The number of pyridine rings is 1. The van der Waals surface area contributed by atoms with Gasteiger partial charge in [0.1, 0.15) is 0 Å². The molecule has 0 bridgehead atoms. The average molecular weight is 322 g/mol. The van der Waals surface area contributed by atoms with Crippen molar-refractivity contribution in [3.63, 3.8) is 0 Å². The van der Waals surface area contributed by atoms with Crippen molar-refractivity contribution < 1.29 is 9.53 Å². The van der Waals surface area contributed by atoms with Crippen LogP contribution in [0.5, 0.6) is 0 Å². The number of carbonyl (C=O) groups is 1. The molecule has 0 amide bonds. The van der Waals surface area contributed by atoms with Crippen LogP contribution in [0.3, 0.4) is 0 Å². The van der Waals surface area contributed by atoms with Crippen LogP contribution in [0.1, 0.15) is 40.7 Å². The van der Waals surface area contributed by atoms with Gasteiger partial charge in [-0.1, -0.05) is 25.1 Å². The molecule has 3 aromatic rings. The molecule has 4 heteroatoms. The van der Waals surface area contributed by atoms with E-state index in [9.17, 15) is 4.79 Å². The van der Waals surface area contributed by atoms with Crippen LogP contribution in [-0.4, -0.2) is 22.6 Å². The van der Waals surface area contributed by atoms with Gasteiger partial charge < -0.3 is 9.30 Å².